The molecule has 7 nitrogen and oxygen atoms in total. The number of carbonyl (C=O) groups excluding carboxylic acids is 1. The Balaban J connectivity index is 1.52. The van der Waals surface area contributed by atoms with Crippen LogP contribution in [-0.4, -0.2) is 43.7 Å². The maximum absolute atomic E-state index is 12.6. The first-order chi connectivity index (χ1) is 12.9. The van der Waals surface area contributed by atoms with Crippen molar-refractivity contribution in [2.75, 3.05) is 12.3 Å². The fraction of sp³-hybridized carbons (Fsp3) is 0.526. The number of fused-ring (bicyclic) bond motifs is 1. The Morgan fingerprint density at radius 3 is 2.59 bits per heavy atom. The molecule has 1 fully saturated rings. The zero-order chi connectivity index (χ0) is 19.4. The molecule has 0 spiro atoms. The van der Waals surface area contributed by atoms with Gasteiger partial charge in [-0.1, -0.05) is 18.2 Å². The minimum atomic E-state index is -3.27. The molecule has 0 saturated heterocycles. The second-order valence-corrected chi connectivity index (χ2v) is 9.20. The molecule has 1 amide bonds. The second kappa shape index (κ2) is 8.41. The molecule has 27 heavy (non-hydrogen) atoms. The van der Waals surface area contributed by atoms with Crippen LogP contribution >= 0.6 is 0 Å². The number of nitrogens with one attached hydrogen (secondary N) is 3. The number of carbonyl (C=O) groups is 1. The summed E-state index contributed by atoms with van der Waals surface area (Å²) in [6, 6.07) is 7.85. The lowest BCUT2D eigenvalue weighted by Crippen LogP contribution is -2.44. The van der Waals surface area contributed by atoms with Gasteiger partial charge in [-0.05, 0) is 57.2 Å². The van der Waals surface area contributed by atoms with Crippen LogP contribution in [-0.2, 0) is 10.0 Å². The van der Waals surface area contributed by atoms with E-state index in [0.29, 0.717) is 18.7 Å². The third kappa shape index (κ3) is 5.09. The first-order valence-corrected chi connectivity index (χ1v) is 11.1. The van der Waals surface area contributed by atoms with Crippen molar-refractivity contribution in [3.05, 3.63) is 35.5 Å². The van der Waals surface area contributed by atoms with Crippen LogP contribution in [0, 0.1) is 6.92 Å². The van der Waals surface area contributed by atoms with Crippen molar-refractivity contribution in [3.63, 3.8) is 0 Å². The van der Waals surface area contributed by atoms with E-state index in [1.807, 2.05) is 31.2 Å². The Hall–Kier alpha value is -1.90. The van der Waals surface area contributed by atoms with Gasteiger partial charge in [0, 0.05) is 23.0 Å². The van der Waals surface area contributed by atoms with E-state index < -0.39 is 10.0 Å². The van der Waals surface area contributed by atoms with Crippen LogP contribution in [0.2, 0.25) is 0 Å². The number of hydrogen-bond acceptors (Lipinski definition) is 4. The number of rotatable bonds is 7. The fourth-order valence-electron chi connectivity index (χ4n) is 3.64. The molecule has 1 saturated carbocycles. The number of aromatic nitrogens is 1. The maximum atomic E-state index is 12.6. The normalized spacial score (nSPS) is 20.7. The van der Waals surface area contributed by atoms with Gasteiger partial charge in [0.1, 0.15) is 5.69 Å². The molecule has 148 valence electrons. The smallest absolute Gasteiger partial charge is 0.267 e. The van der Waals surface area contributed by atoms with Gasteiger partial charge in [0.2, 0.25) is 10.0 Å². The van der Waals surface area contributed by atoms with Crippen molar-refractivity contribution in [3.8, 4) is 0 Å². The summed E-state index contributed by atoms with van der Waals surface area (Å²) in [7, 11) is -3.27. The van der Waals surface area contributed by atoms with Gasteiger partial charge < -0.3 is 16.0 Å². The summed E-state index contributed by atoms with van der Waals surface area (Å²) in [6.45, 7) is 2.38. The molecule has 1 aromatic heterocycles. The number of hydrogen-bond donors (Lipinski definition) is 4. The summed E-state index contributed by atoms with van der Waals surface area (Å²) in [5.41, 5.74) is 8.03. The quantitative estimate of drug-likeness (QED) is 0.574. The van der Waals surface area contributed by atoms with E-state index in [-0.39, 0.29) is 23.7 Å². The second-order valence-electron chi connectivity index (χ2n) is 7.32. The molecular weight excluding hydrogens is 364 g/mol. The van der Waals surface area contributed by atoms with Crippen LogP contribution < -0.4 is 15.8 Å². The molecule has 0 bridgehead atoms. The minimum absolute atomic E-state index is 0.0587. The lowest BCUT2D eigenvalue weighted by molar-refractivity contribution is 0.0921. The molecule has 2 aromatic rings. The summed E-state index contributed by atoms with van der Waals surface area (Å²) in [5.74, 6) is -0.0439. The van der Waals surface area contributed by atoms with E-state index >= 15 is 0 Å². The molecule has 0 atom stereocenters. The van der Waals surface area contributed by atoms with Gasteiger partial charge in [0.15, 0.2) is 0 Å². The third-order valence-electron chi connectivity index (χ3n) is 5.13. The molecule has 3 rings (SSSR count). The predicted molar refractivity (Wildman–Crippen MR) is 107 cm³/mol. The molecule has 1 heterocycles. The molecule has 1 aliphatic rings. The molecular formula is C19H28N4O3S. The number of benzene rings is 1. The highest BCUT2D eigenvalue weighted by Gasteiger charge is 2.26. The number of para-hydroxylation sites is 1. The van der Waals surface area contributed by atoms with E-state index in [4.69, 9.17) is 5.73 Å². The highest BCUT2D eigenvalue weighted by molar-refractivity contribution is 7.89. The molecule has 1 aliphatic carbocycles. The Morgan fingerprint density at radius 1 is 1.22 bits per heavy atom. The third-order valence-corrected chi connectivity index (χ3v) is 6.65. The van der Waals surface area contributed by atoms with Crippen molar-refractivity contribution in [1.29, 1.82) is 0 Å². The Kier molecular flexibility index (Phi) is 6.18. The molecule has 8 heteroatoms. The van der Waals surface area contributed by atoms with Gasteiger partial charge in [0.25, 0.3) is 5.91 Å². The van der Waals surface area contributed by atoms with E-state index in [1.54, 1.807) is 0 Å². The number of aryl methyl sites for hydroxylation is 1. The zero-order valence-electron chi connectivity index (χ0n) is 15.6. The Morgan fingerprint density at radius 2 is 1.93 bits per heavy atom. The Bertz CT molecular complexity index is 899. The van der Waals surface area contributed by atoms with Crippen molar-refractivity contribution >= 4 is 26.8 Å². The van der Waals surface area contributed by atoms with Crippen LogP contribution in [0.25, 0.3) is 10.9 Å². The van der Waals surface area contributed by atoms with E-state index in [2.05, 4.69) is 15.0 Å². The van der Waals surface area contributed by atoms with Crippen LogP contribution in [0.15, 0.2) is 24.3 Å². The van der Waals surface area contributed by atoms with Crippen LogP contribution in [0.5, 0.6) is 0 Å². The van der Waals surface area contributed by atoms with E-state index in [0.717, 1.165) is 42.1 Å². The summed E-state index contributed by atoms with van der Waals surface area (Å²) in [4.78, 5) is 15.8. The van der Waals surface area contributed by atoms with E-state index in [9.17, 15) is 13.2 Å². The largest absolute Gasteiger partial charge is 0.350 e. The van der Waals surface area contributed by atoms with Gasteiger partial charge in [-0.25, -0.2) is 13.1 Å². The van der Waals surface area contributed by atoms with Crippen LogP contribution in [0.1, 0.15) is 48.2 Å². The van der Waals surface area contributed by atoms with Crippen molar-refractivity contribution in [2.45, 2.75) is 51.1 Å². The minimum Gasteiger partial charge on any atom is -0.350 e. The lowest BCUT2D eigenvalue weighted by atomic mass is 9.92. The summed E-state index contributed by atoms with van der Waals surface area (Å²) >= 11 is 0. The monoisotopic (exact) mass is 392 g/mol. The zero-order valence-corrected chi connectivity index (χ0v) is 16.4. The van der Waals surface area contributed by atoms with Gasteiger partial charge in [-0.2, -0.15) is 0 Å². The standard InChI is InChI=1S/C19H28N4O3S/c1-13-4-2-5-14-12-17(22-18(13)14)19(24)21-15-6-8-16(9-7-15)23-27(25,26)11-3-10-20/h2,4-5,12,15-16,22-23H,3,6-11,20H2,1H3,(H,21,24). The van der Waals surface area contributed by atoms with Crippen molar-refractivity contribution in [2.24, 2.45) is 5.73 Å². The molecule has 0 radical (unpaired) electrons. The SMILES string of the molecule is Cc1cccc2cc(C(=O)NC3CCC(NS(=O)(=O)CCCN)CC3)[nH]c12. The first kappa shape index (κ1) is 19.9. The van der Waals surface area contributed by atoms with Crippen LogP contribution in [0.3, 0.4) is 0 Å². The lowest BCUT2D eigenvalue weighted by Gasteiger charge is -2.29. The number of sulfonamides is 1. The average Bonchev–Trinajstić information content (AvgIpc) is 3.07. The highest BCUT2D eigenvalue weighted by atomic mass is 32.2. The summed E-state index contributed by atoms with van der Waals surface area (Å²) < 4.78 is 26.7. The maximum Gasteiger partial charge on any atom is 0.267 e. The first-order valence-electron chi connectivity index (χ1n) is 9.47. The highest BCUT2D eigenvalue weighted by Crippen LogP contribution is 2.22. The van der Waals surface area contributed by atoms with Gasteiger partial charge in [-0.15, -0.1) is 0 Å². The summed E-state index contributed by atoms with van der Waals surface area (Å²) in [5, 5.41) is 4.09. The predicted octanol–water partition coefficient (Wildman–Crippen LogP) is 1.79. The molecule has 1 aromatic carbocycles. The average molecular weight is 393 g/mol. The summed E-state index contributed by atoms with van der Waals surface area (Å²) in [6.07, 6.45) is 3.42. The molecule has 0 unspecified atom stereocenters. The Labute approximate surface area is 160 Å². The van der Waals surface area contributed by atoms with Crippen LogP contribution in [0.4, 0.5) is 0 Å². The van der Waals surface area contributed by atoms with Crippen molar-refractivity contribution in [1.82, 2.24) is 15.0 Å². The van der Waals surface area contributed by atoms with E-state index in [1.165, 1.54) is 0 Å². The number of amides is 1. The van der Waals surface area contributed by atoms with Crippen molar-refractivity contribution < 1.29 is 13.2 Å². The topological polar surface area (TPSA) is 117 Å². The number of aromatic amines is 1. The molecule has 0 aliphatic heterocycles. The van der Waals surface area contributed by atoms with Gasteiger partial charge in [0.05, 0.1) is 5.75 Å². The number of nitrogens with two attached hydrogens (primary N) is 1. The van der Waals surface area contributed by atoms with Gasteiger partial charge >= 0.3 is 0 Å². The number of H-pyrrole nitrogens is 1. The fourth-order valence-corrected chi connectivity index (χ4v) is 5.04. The van der Waals surface area contributed by atoms with Gasteiger partial charge in [-0.3, -0.25) is 4.79 Å². The molecule has 5 N–H and O–H groups in total.